The molecule has 0 aliphatic carbocycles. The van der Waals surface area contributed by atoms with E-state index < -0.39 is 18.0 Å². The molecule has 7 nitrogen and oxygen atoms in total. The molecule has 208 valence electrons. The summed E-state index contributed by atoms with van der Waals surface area (Å²) in [5.74, 6) is -1.15. The molecule has 0 bridgehead atoms. The van der Waals surface area contributed by atoms with Gasteiger partial charge in [0.05, 0.1) is 24.9 Å². The average molecular weight is 549 g/mol. The van der Waals surface area contributed by atoms with E-state index in [-0.39, 0.29) is 11.5 Å². The van der Waals surface area contributed by atoms with Gasteiger partial charge in [0.1, 0.15) is 5.75 Å². The zero-order valence-electron chi connectivity index (χ0n) is 23.7. The smallest absolute Gasteiger partial charge is 0.335 e. The van der Waals surface area contributed by atoms with Gasteiger partial charge in [0.15, 0.2) is 6.10 Å². The lowest BCUT2D eigenvalue weighted by Crippen LogP contribution is -2.20. The van der Waals surface area contributed by atoms with Crippen molar-refractivity contribution in [2.24, 2.45) is 0 Å². The minimum absolute atomic E-state index is 0.193. The number of aromatic nitrogens is 2. The maximum atomic E-state index is 13.8. The molecule has 7 heteroatoms. The summed E-state index contributed by atoms with van der Waals surface area (Å²) in [6.45, 7) is 7.52. The summed E-state index contributed by atoms with van der Waals surface area (Å²) >= 11 is 0. The molecular weight excluding hydrogens is 516 g/mol. The third-order valence-electron chi connectivity index (χ3n) is 7.61. The quantitative estimate of drug-likeness (QED) is 0.208. The molecule has 2 atom stereocenters. The van der Waals surface area contributed by atoms with Crippen molar-refractivity contribution < 1.29 is 24.2 Å². The Labute approximate surface area is 239 Å². The van der Waals surface area contributed by atoms with Crippen LogP contribution >= 0.6 is 0 Å². The first-order valence-electron chi connectivity index (χ1n) is 13.4. The van der Waals surface area contributed by atoms with Crippen LogP contribution in [0.2, 0.25) is 0 Å². The van der Waals surface area contributed by atoms with Gasteiger partial charge in [0.2, 0.25) is 0 Å². The summed E-state index contributed by atoms with van der Waals surface area (Å²) in [5, 5.41) is 11.6. The normalized spacial score (nSPS) is 12.6. The van der Waals surface area contributed by atoms with E-state index in [0.29, 0.717) is 0 Å². The molecule has 0 saturated carbocycles. The van der Waals surface area contributed by atoms with Crippen LogP contribution in [0.4, 0.5) is 0 Å². The summed E-state index contributed by atoms with van der Waals surface area (Å²) in [6.07, 6.45) is 4.52. The fraction of sp³-hybridized carbons (Fsp3) is 0.206. The minimum atomic E-state index is -1.00. The van der Waals surface area contributed by atoms with Crippen LogP contribution < -0.4 is 4.74 Å². The van der Waals surface area contributed by atoms with Crippen LogP contribution in [0.15, 0.2) is 85.5 Å². The molecule has 1 N–H and O–H groups in total. The Morgan fingerprint density at radius 2 is 1.59 bits per heavy atom. The third-order valence-corrected chi connectivity index (χ3v) is 7.61. The van der Waals surface area contributed by atoms with Crippen molar-refractivity contribution in [2.45, 2.75) is 39.7 Å². The average Bonchev–Trinajstić information content (AvgIpc) is 3.50. The number of nitrogens with zero attached hydrogens (tertiary/aromatic N) is 2. The molecule has 0 aliphatic rings. The van der Waals surface area contributed by atoms with Gasteiger partial charge in [-0.25, -0.2) is 9.78 Å². The summed E-state index contributed by atoms with van der Waals surface area (Å²) in [4.78, 5) is 29.7. The monoisotopic (exact) mass is 548 g/mol. The predicted octanol–water partition coefficient (Wildman–Crippen LogP) is 7.09. The van der Waals surface area contributed by atoms with Crippen molar-refractivity contribution in [3.63, 3.8) is 0 Å². The lowest BCUT2D eigenvalue weighted by atomic mass is 9.89. The molecule has 4 aromatic carbocycles. The Morgan fingerprint density at radius 1 is 0.878 bits per heavy atom. The van der Waals surface area contributed by atoms with Crippen molar-refractivity contribution >= 4 is 22.7 Å². The number of esters is 1. The Morgan fingerprint density at radius 3 is 2.24 bits per heavy atom. The second-order valence-electron chi connectivity index (χ2n) is 10.4. The number of carbonyl (C=O) groups excluding carboxylic acids is 1. The molecular formula is C34H32N2O5. The van der Waals surface area contributed by atoms with Gasteiger partial charge < -0.3 is 19.1 Å². The Kier molecular flexibility index (Phi) is 7.62. The highest BCUT2D eigenvalue weighted by atomic mass is 16.5. The number of benzene rings is 4. The molecule has 0 fully saturated rings. The van der Waals surface area contributed by atoms with Crippen molar-refractivity contribution in [1.29, 1.82) is 0 Å². The standard InChI is InChI=1S/C34H32N2O5/c1-20-6-10-28(36-13-12-35-19-36)18-30(20)32(31-21(2)14-27(33(37)38)15-22(31)3)41-34(39)23(4)24-7-8-26-17-29(40-5)11-9-25(26)16-24/h6-19,23,32H,1-5H3,(H,37,38)/t23-,32-/m0/s1. The largest absolute Gasteiger partial charge is 0.497 e. The number of imidazole rings is 1. The predicted molar refractivity (Wildman–Crippen MR) is 158 cm³/mol. The van der Waals surface area contributed by atoms with Gasteiger partial charge in [-0.2, -0.15) is 0 Å². The van der Waals surface area contributed by atoms with Crippen LogP contribution in [0.3, 0.4) is 0 Å². The number of hydrogen-bond acceptors (Lipinski definition) is 5. The van der Waals surface area contributed by atoms with Crippen molar-refractivity contribution in [3.8, 4) is 11.4 Å². The molecule has 1 aromatic heterocycles. The summed E-state index contributed by atoms with van der Waals surface area (Å²) in [7, 11) is 1.63. The molecule has 0 amide bonds. The fourth-order valence-corrected chi connectivity index (χ4v) is 5.27. The van der Waals surface area contributed by atoms with Crippen molar-refractivity contribution in [2.75, 3.05) is 7.11 Å². The van der Waals surface area contributed by atoms with Gasteiger partial charge in [-0.3, -0.25) is 4.79 Å². The molecule has 41 heavy (non-hydrogen) atoms. The highest BCUT2D eigenvalue weighted by Crippen LogP contribution is 2.37. The number of carboxylic acids is 1. The minimum Gasteiger partial charge on any atom is -0.497 e. The van der Waals surface area contributed by atoms with Gasteiger partial charge in [-0.1, -0.05) is 30.3 Å². The van der Waals surface area contributed by atoms with Gasteiger partial charge in [0, 0.05) is 29.2 Å². The highest BCUT2D eigenvalue weighted by Gasteiger charge is 2.28. The van der Waals surface area contributed by atoms with Crippen LogP contribution in [0.1, 0.15) is 62.7 Å². The van der Waals surface area contributed by atoms with E-state index in [1.54, 1.807) is 31.8 Å². The molecule has 5 rings (SSSR count). The number of ether oxygens (including phenoxy) is 2. The van der Waals surface area contributed by atoms with Crippen LogP contribution in [0, 0.1) is 20.8 Å². The Hall–Kier alpha value is -4.91. The van der Waals surface area contributed by atoms with E-state index in [1.165, 1.54) is 0 Å². The van der Waals surface area contributed by atoms with Crippen molar-refractivity contribution in [3.05, 3.63) is 124 Å². The number of methoxy groups -OCH3 is 1. The highest BCUT2D eigenvalue weighted by molar-refractivity contribution is 5.89. The Bertz CT molecular complexity index is 1730. The van der Waals surface area contributed by atoms with Crippen LogP contribution in [0.5, 0.6) is 5.75 Å². The number of carboxylic acid groups (broad SMARTS) is 1. The second kappa shape index (κ2) is 11.3. The molecule has 0 unspecified atom stereocenters. The molecule has 0 aliphatic heterocycles. The zero-order chi connectivity index (χ0) is 29.3. The number of rotatable bonds is 8. The number of aromatic carboxylic acids is 1. The number of hydrogen-bond donors (Lipinski definition) is 1. The van der Waals surface area contributed by atoms with Crippen molar-refractivity contribution in [1.82, 2.24) is 9.55 Å². The lowest BCUT2D eigenvalue weighted by Gasteiger charge is -2.26. The first kappa shape index (κ1) is 27.6. The van der Waals surface area contributed by atoms with Crippen LogP contribution in [0.25, 0.3) is 16.5 Å². The van der Waals surface area contributed by atoms with E-state index in [9.17, 15) is 14.7 Å². The third kappa shape index (κ3) is 5.57. The zero-order valence-corrected chi connectivity index (χ0v) is 23.7. The Balaban J connectivity index is 1.57. The molecule has 0 spiro atoms. The summed E-state index contributed by atoms with van der Waals surface area (Å²) in [6, 6.07) is 21.0. The van der Waals surface area contributed by atoms with E-state index in [0.717, 1.165) is 55.6 Å². The van der Waals surface area contributed by atoms with Crippen LogP contribution in [-0.2, 0) is 9.53 Å². The van der Waals surface area contributed by atoms with Gasteiger partial charge in [-0.05, 0) is 97.1 Å². The van der Waals surface area contributed by atoms with Crippen LogP contribution in [-0.4, -0.2) is 33.7 Å². The molecule has 0 saturated heterocycles. The van der Waals surface area contributed by atoms with Gasteiger partial charge >= 0.3 is 11.9 Å². The number of fused-ring (bicyclic) bond motifs is 1. The first-order valence-corrected chi connectivity index (χ1v) is 13.4. The number of carbonyl (C=O) groups is 2. The second-order valence-corrected chi connectivity index (χ2v) is 10.4. The summed E-state index contributed by atoms with van der Waals surface area (Å²) < 4.78 is 13.6. The van der Waals surface area contributed by atoms with E-state index in [1.807, 2.05) is 93.1 Å². The van der Waals surface area contributed by atoms with Gasteiger partial charge in [-0.15, -0.1) is 0 Å². The first-order chi connectivity index (χ1) is 19.7. The topological polar surface area (TPSA) is 90.7 Å². The SMILES string of the molecule is COc1ccc2cc([C@H](C)C(=O)O[C@@H](c3cc(-n4ccnc4)ccc3C)c3c(C)cc(C(=O)O)cc3C)ccc2c1. The lowest BCUT2D eigenvalue weighted by molar-refractivity contribution is -0.149. The fourth-order valence-electron chi connectivity index (χ4n) is 5.27. The van der Waals surface area contributed by atoms with E-state index >= 15 is 0 Å². The maximum absolute atomic E-state index is 13.8. The maximum Gasteiger partial charge on any atom is 0.335 e. The molecule has 0 radical (unpaired) electrons. The molecule has 5 aromatic rings. The number of aryl methyl sites for hydroxylation is 3. The van der Waals surface area contributed by atoms with E-state index in [4.69, 9.17) is 9.47 Å². The van der Waals surface area contributed by atoms with Gasteiger partial charge in [0.25, 0.3) is 0 Å². The summed E-state index contributed by atoms with van der Waals surface area (Å²) in [5.41, 5.74) is 5.91. The molecule has 1 heterocycles. The van der Waals surface area contributed by atoms with E-state index in [2.05, 4.69) is 4.98 Å².